The third-order valence-corrected chi connectivity index (χ3v) is 1.64. The Hall–Kier alpha value is -1.49. The number of halogens is 1. The Morgan fingerprint density at radius 2 is 2.00 bits per heavy atom. The van der Waals surface area contributed by atoms with Crippen LogP contribution in [0.1, 0.15) is 0 Å². The van der Waals surface area contributed by atoms with Gasteiger partial charge in [-0.25, -0.2) is 4.39 Å². The zero-order valence-corrected chi connectivity index (χ0v) is 7.43. The van der Waals surface area contributed by atoms with Gasteiger partial charge < -0.3 is 14.9 Å². The molecule has 0 aromatic heterocycles. The maximum absolute atomic E-state index is 13.1. The normalized spacial score (nSPS) is 9.54. The molecule has 3 N–H and O–H groups in total. The molecule has 72 valence electrons. The molecular weight excluding hydrogens is 175 g/mol. The van der Waals surface area contributed by atoms with Crippen molar-refractivity contribution in [2.75, 3.05) is 19.6 Å². The lowest BCUT2D eigenvalue weighted by Gasteiger charge is -2.12. The summed E-state index contributed by atoms with van der Waals surface area (Å²) in [4.78, 5) is 0. The van der Waals surface area contributed by atoms with Crippen molar-refractivity contribution in [3.05, 3.63) is 17.9 Å². The van der Waals surface area contributed by atoms with E-state index in [1.54, 1.807) is 0 Å². The number of rotatable bonds is 3. The molecule has 4 nitrogen and oxygen atoms in total. The predicted octanol–water partition coefficient (Wildman–Crippen LogP) is 1.13. The number of nitrogens with one attached hydrogen (secondary N) is 1. The molecule has 0 unspecified atom stereocenters. The molecule has 0 aliphatic rings. The molecule has 0 heterocycles. The van der Waals surface area contributed by atoms with Crippen molar-refractivity contribution in [2.45, 2.75) is 0 Å². The van der Waals surface area contributed by atoms with Gasteiger partial charge in [-0.3, -0.25) is 5.84 Å². The summed E-state index contributed by atoms with van der Waals surface area (Å²) in [7, 11) is 2.83. The average molecular weight is 186 g/mol. The highest BCUT2D eigenvalue weighted by molar-refractivity contribution is 5.65. The topological polar surface area (TPSA) is 56.5 Å². The summed E-state index contributed by atoms with van der Waals surface area (Å²) < 4.78 is 22.8. The first-order valence-electron chi connectivity index (χ1n) is 3.61. The van der Waals surface area contributed by atoms with Gasteiger partial charge in [-0.15, -0.1) is 0 Å². The van der Waals surface area contributed by atoms with Gasteiger partial charge in [-0.2, -0.15) is 0 Å². The van der Waals surface area contributed by atoms with Gasteiger partial charge in [0, 0.05) is 0 Å². The smallest absolute Gasteiger partial charge is 0.182 e. The number of anilines is 1. The minimum atomic E-state index is -0.490. The van der Waals surface area contributed by atoms with Crippen LogP contribution in [-0.2, 0) is 0 Å². The van der Waals surface area contributed by atoms with E-state index in [1.165, 1.54) is 26.4 Å². The van der Waals surface area contributed by atoms with E-state index >= 15 is 0 Å². The van der Waals surface area contributed by atoms with Crippen molar-refractivity contribution in [2.24, 2.45) is 5.84 Å². The molecular formula is C8H11FN2O2. The number of ether oxygens (including phenoxy) is 2. The molecule has 0 spiro atoms. The molecule has 1 aromatic rings. The van der Waals surface area contributed by atoms with E-state index in [4.69, 9.17) is 15.3 Å². The molecule has 0 aliphatic carbocycles. The van der Waals surface area contributed by atoms with Crippen LogP contribution in [0.3, 0.4) is 0 Å². The zero-order chi connectivity index (χ0) is 9.84. The summed E-state index contributed by atoms with van der Waals surface area (Å²) in [6.45, 7) is 0. The zero-order valence-electron chi connectivity index (χ0n) is 7.43. The lowest BCUT2D eigenvalue weighted by atomic mass is 10.2. The van der Waals surface area contributed by atoms with Crippen LogP contribution < -0.4 is 20.7 Å². The van der Waals surface area contributed by atoms with E-state index in [-0.39, 0.29) is 5.75 Å². The predicted molar refractivity (Wildman–Crippen MR) is 47.3 cm³/mol. The Bertz CT molecular complexity index is 304. The summed E-state index contributed by atoms with van der Waals surface area (Å²) in [6, 6.07) is 2.71. The van der Waals surface area contributed by atoms with Crippen LogP contribution >= 0.6 is 0 Å². The monoisotopic (exact) mass is 186 g/mol. The number of hydrazine groups is 1. The molecule has 0 saturated carbocycles. The second-order valence-electron chi connectivity index (χ2n) is 2.30. The molecule has 0 bridgehead atoms. The highest BCUT2D eigenvalue weighted by Gasteiger charge is 2.13. The lowest BCUT2D eigenvalue weighted by Crippen LogP contribution is -2.10. The minimum Gasteiger partial charge on any atom is -0.494 e. The molecule has 1 aromatic carbocycles. The standard InChI is InChI=1S/C8H11FN2O2/c1-12-6-4-3-5(9)8(13-2)7(6)11-10/h3-4,11H,10H2,1-2H3. The molecule has 0 aliphatic heterocycles. The van der Waals surface area contributed by atoms with E-state index in [9.17, 15) is 4.39 Å². The van der Waals surface area contributed by atoms with Crippen LogP contribution in [0.25, 0.3) is 0 Å². The summed E-state index contributed by atoms with van der Waals surface area (Å²) >= 11 is 0. The maximum atomic E-state index is 13.1. The van der Waals surface area contributed by atoms with E-state index < -0.39 is 5.82 Å². The quantitative estimate of drug-likeness (QED) is 0.548. The van der Waals surface area contributed by atoms with Crippen molar-refractivity contribution in [1.29, 1.82) is 0 Å². The fraction of sp³-hybridized carbons (Fsp3) is 0.250. The van der Waals surface area contributed by atoms with Gasteiger partial charge in [-0.05, 0) is 12.1 Å². The molecule has 5 heteroatoms. The Morgan fingerprint density at radius 1 is 1.31 bits per heavy atom. The van der Waals surface area contributed by atoms with Gasteiger partial charge in [0.05, 0.1) is 14.2 Å². The van der Waals surface area contributed by atoms with Crippen LogP contribution in [-0.4, -0.2) is 14.2 Å². The third-order valence-electron chi connectivity index (χ3n) is 1.64. The summed E-state index contributed by atoms with van der Waals surface area (Å²) in [5.41, 5.74) is 2.61. The molecule has 0 radical (unpaired) electrons. The first-order chi connectivity index (χ1) is 6.24. The van der Waals surface area contributed by atoms with Crippen LogP contribution in [0.4, 0.5) is 10.1 Å². The largest absolute Gasteiger partial charge is 0.494 e. The fourth-order valence-corrected chi connectivity index (χ4v) is 1.05. The number of methoxy groups -OCH3 is 2. The number of hydrogen-bond donors (Lipinski definition) is 2. The average Bonchev–Trinajstić information content (AvgIpc) is 2.17. The van der Waals surface area contributed by atoms with Crippen LogP contribution in [0, 0.1) is 5.82 Å². The van der Waals surface area contributed by atoms with Gasteiger partial charge in [0.2, 0.25) is 0 Å². The van der Waals surface area contributed by atoms with Crippen molar-refractivity contribution in [3.63, 3.8) is 0 Å². The molecule has 0 fully saturated rings. The van der Waals surface area contributed by atoms with Crippen molar-refractivity contribution in [3.8, 4) is 11.5 Å². The second-order valence-corrected chi connectivity index (χ2v) is 2.30. The maximum Gasteiger partial charge on any atom is 0.182 e. The van der Waals surface area contributed by atoms with Crippen LogP contribution in [0.5, 0.6) is 11.5 Å². The Balaban J connectivity index is 3.27. The Labute approximate surface area is 75.4 Å². The van der Waals surface area contributed by atoms with E-state index in [2.05, 4.69) is 5.43 Å². The van der Waals surface area contributed by atoms with Gasteiger partial charge in [0.25, 0.3) is 0 Å². The summed E-state index contributed by atoms with van der Waals surface area (Å²) in [5, 5.41) is 0. The van der Waals surface area contributed by atoms with E-state index in [0.29, 0.717) is 11.4 Å². The SMILES string of the molecule is COc1ccc(F)c(OC)c1NN. The number of nitrogen functional groups attached to an aromatic ring is 1. The molecule has 0 saturated heterocycles. The summed E-state index contributed by atoms with van der Waals surface area (Å²) in [5.74, 6) is 5.18. The Morgan fingerprint density at radius 3 is 2.46 bits per heavy atom. The summed E-state index contributed by atoms with van der Waals surface area (Å²) in [6.07, 6.45) is 0. The molecule has 13 heavy (non-hydrogen) atoms. The number of hydrogen-bond acceptors (Lipinski definition) is 4. The second kappa shape index (κ2) is 3.95. The molecule has 0 amide bonds. The van der Waals surface area contributed by atoms with Crippen molar-refractivity contribution < 1.29 is 13.9 Å². The minimum absolute atomic E-state index is 0.0434. The highest BCUT2D eigenvalue weighted by Crippen LogP contribution is 2.35. The first kappa shape index (κ1) is 9.60. The van der Waals surface area contributed by atoms with E-state index in [1.807, 2.05) is 0 Å². The number of benzene rings is 1. The van der Waals surface area contributed by atoms with Gasteiger partial charge >= 0.3 is 0 Å². The van der Waals surface area contributed by atoms with Gasteiger partial charge in [-0.1, -0.05) is 0 Å². The van der Waals surface area contributed by atoms with Crippen molar-refractivity contribution in [1.82, 2.24) is 0 Å². The Kier molecular flexibility index (Phi) is 2.92. The molecule has 0 atom stereocenters. The fourth-order valence-electron chi connectivity index (χ4n) is 1.05. The number of nitrogens with two attached hydrogens (primary N) is 1. The van der Waals surface area contributed by atoms with Crippen molar-refractivity contribution >= 4 is 5.69 Å². The van der Waals surface area contributed by atoms with Gasteiger partial charge in [0.1, 0.15) is 11.4 Å². The van der Waals surface area contributed by atoms with Crippen LogP contribution in [0.2, 0.25) is 0 Å². The highest BCUT2D eigenvalue weighted by atomic mass is 19.1. The third kappa shape index (κ3) is 1.65. The van der Waals surface area contributed by atoms with Crippen LogP contribution in [0.15, 0.2) is 12.1 Å². The first-order valence-corrected chi connectivity index (χ1v) is 3.61. The van der Waals surface area contributed by atoms with Gasteiger partial charge in [0.15, 0.2) is 11.6 Å². The molecule has 1 rings (SSSR count). The van der Waals surface area contributed by atoms with E-state index in [0.717, 1.165) is 0 Å². The lowest BCUT2D eigenvalue weighted by molar-refractivity contribution is 0.377.